The number of aliphatic imine (C=N–C) groups is 1. The van der Waals surface area contributed by atoms with Crippen molar-refractivity contribution in [2.75, 3.05) is 13.6 Å². The van der Waals surface area contributed by atoms with Gasteiger partial charge in [0, 0.05) is 18.5 Å². The number of allylic oxidation sites excluding steroid dienone is 1. The molecule has 2 heteroatoms. The smallest absolute Gasteiger partial charge is 0.0366 e. The summed E-state index contributed by atoms with van der Waals surface area (Å²) in [4.78, 5) is 4.16. The maximum absolute atomic E-state index is 4.16. The Kier molecular flexibility index (Phi) is 12.5. The van der Waals surface area contributed by atoms with E-state index in [1.165, 1.54) is 5.57 Å². The van der Waals surface area contributed by atoms with Crippen molar-refractivity contribution < 1.29 is 0 Å². The summed E-state index contributed by atoms with van der Waals surface area (Å²) in [5.41, 5.74) is 2.16. The molecule has 0 radical (unpaired) electrons. The van der Waals surface area contributed by atoms with Gasteiger partial charge in [0.25, 0.3) is 0 Å². The second kappa shape index (κ2) is 11.1. The summed E-state index contributed by atoms with van der Waals surface area (Å²) in [6.07, 6.45) is 3.59. The monoisotopic (exact) mass is 182 g/mol. The number of rotatable bonds is 4. The molecule has 0 spiro atoms. The lowest BCUT2D eigenvalue weighted by Crippen LogP contribution is -2.08. The Morgan fingerprint density at radius 2 is 1.92 bits per heavy atom. The molecule has 0 fully saturated rings. The topological polar surface area (TPSA) is 24.4 Å². The first kappa shape index (κ1) is 14.6. The van der Waals surface area contributed by atoms with Gasteiger partial charge in [-0.15, -0.1) is 0 Å². The summed E-state index contributed by atoms with van der Waals surface area (Å²) in [6, 6.07) is 0. The van der Waals surface area contributed by atoms with Crippen LogP contribution in [0, 0.1) is 0 Å². The molecule has 0 bridgehead atoms. The van der Waals surface area contributed by atoms with Gasteiger partial charge < -0.3 is 5.32 Å². The van der Waals surface area contributed by atoms with Crippen molar-refractivity contribution >= 4 is 5.71 Å². The van der Waals surface area contributed by atoms with E-state index in [0.29, 0.717) is 0 Å². The van der Waals surface area contributed by atoms with Crippen LogP contribution in [0.5, 0.6) is 0 Å². The van der Waals surface area contributed by atoms with E-state index in [9.17, 15) is 0 Å². The minimum atomic E-state index is 0.883. The van der Waals surface area contributed by atoms with Gasteiger partial charge in [-0.1, -0.05) is 20.4 Å². The highest BCUT2D eigenvalue weighted by molar-refractivity contribution is 5.92. The number of nitrogens with zero attached hydrogens (tertiary/aromatic N) is 1. The summed E-state index contributed by atoms with van der Waals surface area (Å²) >= 11 is 0. The summed E-state index contributed by atoms with van der Waals surface area (Å²) in [5, 5.41) is 3.05. The van der Waals surface area contributed by atoms with Gasteiger partial charge in [0.1, 0.15) is 0 Å². The van der Waals surface area contributed by atoms with Gasteiger partial charge >= 0.3 is 0 Å². The molecule has 0 aromatic heterocycles. The van der Waals surface area contributed by atoms with Crippen molar-refractivity contribution in [1.29, 1.82) is 0 Å². The maximum Gasteiger partial charge on any atom is 0.0366 e. The Morgan fingerprint density at radius 3 is 2.31 bits per heavy atom. The van der Waals surface area contributed by atoms with E-state index in [-0.39, 0.29) is 0 Å². The quantitative estimate of drug-likeness (QED) is 0.664. The third-order valence-electron chi connectivity index (χ3n) is 1.24. The van der Waals surface area contributed by atoms with Crippen LogP contribution in [0.2, 0.25) is 0 Å². The third kappa shape index (κ3) is 11.1. The van der Waals surface area contributed by atoms with Crippen LogP contribution in [0.1, 0.15) is 27.7 Å². The largest absolute Gasteiger partial charge is 0.316 e. The van der Waals surface area contributed by atoms with Crippen LogP contribution in [0.15, 0.2) is 29.4 Å². The van der Waals surface area contributed by atoms with E-state index in [4.69, 9.17) is 0 Å². The molecule has 0 aromatic rings. The van der Waals surface area contributed by atoms with Crippen molar-refractivity contribution in [2.45, 2.75) is 27.7 Å². The van der Waals surface area contributed by atoms with Gasteiger partial charge in [-0.25, -0.2) is 0 Å². The third-order valence-corrected chi connectivity index (χ3v) is 1.24. The molecule has 0 aromatic carbocycles. The van der Waals surface area contributed by atoms with E-state index < -0.39 is 0 Å². The van der Waals surface area contributed by atoms with Gasteiger partial charge in [0.15, 0.2) is 0 Å². The van der Waals surface area contributed by atoms with E-state index >= 15 is 0 Å². The zero-order valence-electron chi connectivity index (χ0n) is 9.52. The molecule has 0 rings (SSSR count). The molecular weight excluding hydrogens is 160 g/mol. The van der Waals surface area contributed by atoms with E-state index in [1.807, 2.05) is 40.9 Å². The lowest BCUT2D eigenvalue weighted by Gasteiger charge is -1.95. The minimum Gasteiger partial charge on any atom is -0.316 e. The van der Waals surface area contributed by atoms with Crippen molar-refractivity contribution in [3.05, 3.63) is 24.4 Å². The summed E-state index contributed by atoms with van der Waals surface area (Å²) in [7, 11) is 1.92. The first-order valence-electron chi connectivity index (χ1n) is 4.67. The van der Waals surface area contributed by atoms with Crippen LogP contribution >= 0.6 is 0 Å². The molecule has 0 aliphatic carbocycles. The molecular formula is C11H22N2. The molecule has 0 saturated heterocycles. The van der Waals surface area contributed by atoms with Crippen molar-refractivity contribution in [2.24, 2.45) is 4.99 Å². The van der Waals surface area contributed by atoms with Crippen molar-refractivity contribution in [3.8, 4) is 0 Å². The number of likely N-dealkylation sites (N-methyl/N-ethyl adjacent to an activating group) is 1. The predicted molar refractivity (Wildman–Crippen MR) is 62.3 cm³/mol. The Hall–Kier alpha value is -0.890. The fourth-order valence-corrected chi connectivity index (χ4v) is 0.589. The molecule has 13 heavy (non-hydrogen) atoms. The minimum absolute atomic E-state index is 0.883. The Morgan fingerprint density at radius 1 is 1.38 bits per heavy atom. The SMILES string of the molecule is C=CC(C)=N/C=C(\C)CNC.CC. The van der Waals surface area contributed by atoms with Crippen LogP contribution in [0.3, 0.4) is 0 Å². The molecule has 76 valence electrons. The zero-order chi connectivity index (χ0) is 10.7. The fraction of sp³-hybridized carbons (Fsp3) is 0.545. The molecule has 0 aliphatic rings. The average Bonchev–Trinajstić information content (AvgIpc) is 2.18. The predicted octanol–water partition coefficient (Wildman–Crippen LogP) is 2.78. The van der Waals surface area contributed by atoms with E-state index in [2.05, 4.69) is 16.9 Å². The van der Waals surface area contributed by atoms with Crippen LogP contribution in [-0.2, 0) is 0 Å². The highest BCUT2D eigenvalue weighted by atomic mass is 14.8. The van der Waals surface area contributed by atoms with E-state index in [0.717, 1.165) is 12.3 Å². The van der Waals surface area contributed by atoms with Gasteiger partial charge in [-0.3, -0.25) is 4.99 Å². The molecule has 0 saturated carbocycles. The van der Waals surface area contributed by atoms with Crippen molar-refractivity contribution in [1.82, 2.24) is 5.32 Å². The van der Waals surface area contributed by atoms with Gasteiger partial charge in [-0.05, 0) is 32.5 Å². The average molecular weight is 182 g/mol. The van der Waals surface area contributed by atoms with Crippen molar-refractivity contribution in [3.63, 3.8) is 0 Å². The second-order valence-electron chi connectivity index (χ2n) is 2.48. The van der Waals surface area contributed by atoms with Gasteiger partial charge in [-0.2, -0.15) is 0 Å². The summed E-state index contributed by atoms with van der Waals surface area (Å²) < 4.78 is 0. The second-order valence-corrected chi connectivity index (χ2v) is 2.48. The number of nitrogens with one attached hydrogen (secondary N) is 1. The Bertz CT molecular complexity index is 179. The standard InChI is InChI=1S/C9H16N2.C2H6/c1-5-9(3)11-7-8(2)6-10-4;1-2/h5,7,10H,1,6H2,2-4H3;1-2H3/b8-7+,11-9?;. The molecule has 0 atom stereocenters. The normalized spacial score (nSPS) is 11.8. The number of hydrogen-bond donors (Lipinski definition) is 1. The van der Waals surface area contributed by atoms with Crippen LogP contribution in [0.25, 0.3) is 0 Å². The summed E-state index contributed by atoms with van der Waals surface area (Å²) in [6.45, 7) is 12.5. The van der Waals surface area contributed by atoms with E-state index in [1.54, 1.807) is 6.08 Å². The Labute approximate surface area is 82.5 Å². The molecule has 0 aliphatic heterocycles. The van der Waals surface area contributed by atoms with Crippen LogP contribution < -0.4 is 5.32 Å². The molecule has 0 heterocycles. The number of hydrogen-bond acceptors (Lipinski definition) is 2. The lowest BCUT2D eigenvalue weighted by atomic mass is 10.3. The summed E-state index contributed by atoms with van der Waals surface area (Å²) in [5.74, 6) is 0. The zero-order valence-corrected chi connectivity index (χ0v) is 9.52. The highest BCUT2D eigenvalue weighted by Gasteiger charge is 1.83. The van der Waals surface area contributed by atoms with Crippen LogP contribution in [-0.4, -0.2) is 19.3 Å². The molecule has 2 nitrogen and oxygen atoms in total. The van der Waals surface area contributed by atoms with Crippen LogP contribution in [0.4, 0.5) is 0 Å². The molecule has 0 unspecified atom stereocenters. The maximum atomic E-state index is 4.16. The van der Waals surface area contributed by atoms with Gasteiger partial charge in [0.05, 0.1) is 0 Å². The van der Waals surface area contributed by atoms with Gasteiger partial charge in [0.2, 0.25) is 0 Å². The highest BCUT2D eigenvalue weighted by Crippen LogP contribution is 1.90. The lowest BCUT2D eigenvalue weighted by molar-refractivity contribution is 0.877. The first-order valence-corrected chi connectivity index (χ1v) is 4.67. The Balaban J connectivity index is 0. The molecule has 1 N–H and O–H groups in total. The molecule has 0 amide bonds. The first-order chi connectivity index (χ1) is 6.20. The fourth-order valence-electron chi connectivity index (χ4n) is 0.589.